The van der Waals surface area contributed by atoms with Crippen molar-refractivity contribution in [3.63, 3.8) is 0 Å². The lowest BCUT2D eigenvalue weighted by Gasteiger charge is -2.10. The van der Waals surface area contributed by atoms with Crippen molar-refractivity contribution in [1.82, 2.24) is 0 Å². The highest BCUT2D eigenvalue weighted by molar-refractivity contribution is 5.76. The number of aldehydes is 1. The highest BCUT2D eigenvalue weighted by Crippen LogP contribution is 2.19. The molecule has 0 aliphatic carbocycles. The topological polar surface area (TPSA) is 50.1 Å². The molecule has 3 heteroatoms. The summed E-state index contributed by atoms with van der Waals surface area (Å²) in [6.45, 7) is 3.77. The predicted molar refractivity (Wildman–Crippen MR) is 52.3 cm³/mol. The Morgan fingerprint density at radius 3 is 2.71 bits per heavy atom. The van der Waals surface area contributed by atoms with Crippen molar-refractivity contribution in [3.05, 3.63) is 29.3 Å². The molecule has 0 heterocycles. The van der Waals surface area contributed by atoms with Crippen LogP contribution in [0.25, 0.3) is 0 Å². The van der Waals surface area contributed by atoms with Gasteiger partial charge in [-0.1, -0.05) is 0 Å². The van der Waals surface area contributed by atoms with Crippen molar-refractivity contribution in [3.8, 4) is 11.8 Å². The Morgan fingerprint density at radius 2 is 2.21 bits per heavy atom. The average Bonchev–Trinajstić information content (AvgIpc) is 2.17. The number of benzene rings is 1. The summed E-state index contributed by atoms with van der Waals surface area (Å²) in [5, 5.41) is 8.81. The molecule has 0 saturated heterocycles. The smallest absolute Gasteiger partial charge is 0.150 e. The summed E-state index contributed by atoms with van der Waals surface area (Å²) in [7, 11) is 0. The van der Waals surface area contributed by atoms with Crippen LogP contribution in [0.15, 0.2) is 18.2 Å². The molecule has 0 saturated carbocycles. The molecule has 0 radical (unpaired) electrons. The van der Waals surface area contributed by atoms with Crippen LogP contribution in [0.4, 0.5) is 0 Å². The van der Waals surface area contributed by atoms with Crippen LogP contribution in [0.1, 0.15) is 29.8 Å². The van der Waals surface area contributed by atoms with Crippen LogP contribution in [-0.2, 0) is 0 Å². The Hall–Kier alpha value is -1.82. The fourth-order valence-electron chi connectivity index (χ4n) is 1.06. The van der Waals surface area contributed by atoms with Crippen LogP contribution in [0.5, 0.6) is 5.75 Å². The molecule has 1 aromatic carbocycles. The maximum Gasteiger partial charge on any atom is 0.150 e. The molecule has 0 atom stereocenters. The minimum atomic E-state index is 0.0178. The van der Waals surface area contributed by atoms with E-state index in [1.807, 2.05) is 19.9 Å². The maximum absolute atomic E-state index is 10.5. The van der Waals surface area contributed by atoms with Gasteiger partial charge in [-0.3, -0.25) is 4.79 Å². The van der Waals surface area contributed by atoms with Gasteiger partial charge in [0.15, 0.2) is 0 Å². The molecular formula is C11H11NO2. The number of nitriles is 1. The molecule has 0 unspecified atom stereocenters. The standard InChI is InChI=1S/C11H11NO2/c1-8(2)14-11-4-3-9(7-13)5-10(11)6-12/h3-5,7-8H,1-2H3. The fraction of sp³-hybridized carbons (Fsp3) is 0.273. The molecular weight excluding hydrogens is 178 g/mol. The number of hydrogen-bond acceptors (Lipinski definition) is 3. The molecule has 1 rings (SSSR count). The van der Waals surface area contributed by atoms with E-state index in [1.54, 1.807) is 12.1 Å². The molecule has 14 heavy (non-hydrogen) atoms. The summed E-state index contributed by atoms with van der Waals surface area (Å²) < 4.78 is 5.40. The minimum Gasteiger partial charge on any atom is -0.490 e. The Kier molecular flexibility index (Phi) is 3.24. The van der Waals surface area contributed by atoms with Gasteiger partial charge >= 0.3 is 0 Å². The fourth-order valence-corrected chi connectivity index (χ4v) is 1.06. The lowest BCUT2D eigenvalue weighted by atomic mass is 10.1. The molecule has 0 aliphatic rings. The van der Waals surface area contributed by atoms with Gasteiger partial charge in [-0.05, 0) is 32.0 Å². The van der Waals surface area contributed by atoms with Gasteiger partial charge in [0, 0.05) is 5.56 Å². The highest BCUT2D eigenvalue weighted by atomic mass is 16.5. The van der Waals surface area contributed by atoms with Gasteiger partial charge in [-0.25, -0.2) is 0 Å². The monoisotopic (exact) mass is 189 g/mol. The predicted octanol–water partition coefficient (Wildman–Crippen LogP) is 2.16. The van der Waals surface area contributed by atoms with Crippen molar-refractivity contribution in [2.24, 2.45) is 0 Å². The van der Waals surface area contributed by atoms with Crippen LogP contribution in [0, 0.1) is 11.3 Å². The summed E-state index contributed by atoms with van der Waals surface area (Å²) in [5.74, 6) is 0.521. The van der Waals surface area contributed by atoms with Gasteiger partial charge in [0.1, 0.15) is 18.1 Å². The van der Waals surface area contributed by atoms with Crippen molar-refractivity contribution in [2.75, 3.05) is 0 Å². The van der Waals surface area contributed by atoms with E-state index in [0.717, 1.165) is 0 Å². The summed E-state index contributed by atoms with van der Waals surface area (Å²) in [5.41, 5.74) is 0.876. The van der Waals surface area contributed by atoms with Gasteiger partial charge in [0.2, 0.25) is 0 Å². The quantitative estimate of drug-likeness (QED) is 0.684. The Bertz CT molecular complexity index is 377. The Balaban J connectivity index is 3.06. The summed E-state index contributed by atoms with van der Waals surface area (Å²) in [6.07, 6.45) is 0.726. The summed E-state index contributed by atoms with van der Waals surface area (Å²) in [4.78, 5) is 10.5. The van der Waals surface area contributed by atoms with Crippen LogP contribution in [0.3, 0.4) is 0 Å². The number of carbonyl (C=O) groups is 1. The van der Waals surface area contributed by atoms with Crippen LogP contribution in [-0.4, -0.2) is 12.4 Å². The second-order valence-corrected chi connectivity index (χ2v) is 3.15. The van der Waals surface area contributed by atoms with E-state index in [2.05, 4.69) is 0 Å². The van der Waals surface area contributed by atoms with E-state index in [0.29, 0.717) is 23.2 Å². The molecule has 0 spiro atoms. The van der Waals surface area contributed by atoms with Crippen molar-refractivity contribution in [2.45, 2.75) is 20.0 Å². The van der Waals surface area contributed by atoms with Gasteiger partial charge in [-0.15, -0.1) is 0 Å². The first-order valence-corrected chi connectivity index (χ1v) is 4.33. The second-order valence-electron chi connectivity index (χ2n) is 3.15. The molecule has 0 aromatic heterocycles. The number of ether oxygens (including phenoxy) is 1. The van der Waals surface area contributed by atoms with Crippen LogP contribution in [0.2, 0.25) is 0 Å². The zero-order chi connectivity index (χ0) is 10.6. The molecule has 0 N–H and O–H groups in total. The zero-order valence-electron chi connectivity index (χ0n) is 8.15. The zero-order valence-corrected chi connectivity index (χ0v) is 8.15. The largest absolute Gasteiger partial charge is 0.490 e. The van der Waals surface area contributed by atoms with Crippen molar-refractivity contribution >= 4 is 6.29 Å². The normalized spacial score (nSPS) is 9.57. The molecule has 0 bridgehead atoms. The lowest BCUT2D eigenvalue weighted by Crippen LogP contribution is -2.06. The van der Waals surface area contributed by atoms with Gasteiger partial charge in [-0.2, -0.15) is 5.26 Å². The van der Waals surface area contributed by atoms with Crippen LogP contribution < -0.4 is 4.74 Å². The third-order valence-electron chi connectivity index (χ3n) is 1.62. The van der Waals surface area contributed by atoms with E-state index in [-0.39, 0.29) is 6.10 Å². The van der Waals surface area contributed by atoms with E-state index in [4.69, 9.17) is 10.00 Å². The lowest BCUT2D eigenvalue weighted by molar-refractivity contribution is 0.112. The van der Waals surface area contributed by atoms with E-state index in [1.165, 1.54) is 6.07 Å². The number of carbonyl (C=O) groups excluding carboxylic acids is 1. The van der Waals surface area contributed by atoms with Gasteiger partial charge in [0.05, 0.1) is 11.7 Å². The minimum absolute atomic E-state index is 0.0178. The maximum atomic E-state index is 10.5. The SMILES string of the molecule is CC(C)Oc1ccc(C=O)cc1C#N. The molecule has 3 nitrogen and oxygen atoms in total. The van der Waals surface area contributed by atoms with Crippen molar-refractivity contribution < 1.29 is 9.53 Å². The molecule has 0 amide bonds. The Labute approximate surface area is 82.9 Å². The summed E-state index contributed by atoms with van der Waals surface area (Å²) in [6, 6.07) is 6.78. The van der Waals surface area contributed by atoms with Gasteiger partial charge in [0.25, 0.3) is 0 Å². The van der Waals surface area contributed by atoms with Crippen LogP contribution >= 0.6 is 0 Å². The third kappa shape index (κ3) is 2.33. The molecule has 0 aliphatic heterocycles. The Morgan fingerprint density at radius 1 is 1.50 bits per heavy atom. The van der Waals surface area contributed by atoms with Gasteiger partial charge < -0.3 is 4.74 Å². The van der Waals surface area contributed by atoms with E-state index < -0.39 is 0 Å². The average molecular weight is 189 g/mol. The van der Waals surface area contributed by atoms with Crippen molar-refractivity contribution in [1.29, 1.82) is 5.26 Å². The summed E-state index contributed by atoms with van der Waals surface area (Å²) >= 11 is 0. The molecule has 72 valence electrons. The number of nitrogens with zero attached hydrogens (tertiary/aromatic N) is 1. The molecule has 1 aromatic rings. The van der Waals surface area contributed by atoms with E-state index in [9.17, 15) is 4.79 Å². The second kappa shape index (κ2) is 4.43. The number of hydrogen-bond donors (Lipinski definition) is 0. The number of rotatable bonds is 3. The highest BCUT2D eigenvalue weighted by Gasteiger charge is 2.05. The van der Waals surface area contributed by atoms with E-state index >= 15 is 0 Å². The first-order valence-electron chi connectivity index (χ1n) is 4.33. The third-order valence-corrected chi connectivity index (χ3v) is 1.62. The first-order chi connectivity index (χ1) is 6.67. The first kappa shape index (κ1) is 10.3. The molecule has 0 fully saturated rings.